The molecule has 1 aliphatic carbocycles. The van der Waals surface area contributed by atoms with Crippen molar-refractivity contribution in [1.82, 2.24) is 5.32 Å². The molecule has 0 aromatic carbocycles. The Morgan fingerprint density at radius 3 is 2.81 bits per heavy atom. The zero-order valence-corrected chi connectivity index (χ0v) is 10.1. The first-order chi connectivity index (χ1) is 7.66. The van der Waals surface area contributed by atoms with Gasteiger partial charge in [0.05, 0.1) is 18.8 Å². The smallest absolute Gasteiger partial charge is 0.320 e. The summed E-state index contributed by atoms with van der Waals surface area (Å²) in [6.45, 7) is 4.85. The van der Waals surface area contributed by atoms with Crippen molar-refractivity contribution in [3.8, 4) is 0 Å². The predicted molar refractivity (Wildman–Crippen MR) is 60.1 cm³/mol. The SMILES string of the molecule is CC(C)OC(=O)CNC1CCOC1C1CC1. The van der Waals surface area contributed by atoms with E-state index >= 15 is 0 Å². The van der Waals surface area contributed by atoms with E-state index in [1.807, 2.05) is 13.8 Å². The molecular weight excluding hydrogens is 206 g/mol. The first-order valence-corrected chi connectivity index (χ1v) is 6.21. The molecule has 1 aliphatic heterocycles. The lowest BCUT2D eigenvalue weighted by molar-refractivity contribution is -0.146. The van der Waals surface area contributed by atoms with Gasteiger partial charge in [0, 0.05) is 12.6 Å². The van der Waals surface area contributed by atoms with Crippen molar-refractivity contribution in [3.63, 3.8) is 0 Å². The molecule has 0 aromatic rings. The molecule has 2 fully saturated rings. The van der Waals surface area contributed by atoms with Gasteiger partial charge < -0.3 is 14.8 Å². The number of carbonyl (C=O) groups excluding carboxylic acids is 1. The number of hydrogen-bond donors (Lipinski definition) is 1. The van der Waals surface area contributed by atoms with Crippen LogP contribution in [0.15, 0.2) is 0 Å². The molecule has 4 nitrogen and oxygen atoms in total. The first-order valence-electron chi connectivity index (χ1n) is 6.21. The van der Waals surface area contributed by atoms with Gasteiger partial charge in [-0.3, -0.25) is 4.79 Å². The summed E-state index contributed by atoms with van der Waals surface area (Å²) in [5.41, 5.74) is 0. The number of nitrogens with one attached hydrogen (secondary N) is 1. The minimum atomic E-state index is -0.170. The van der Waals surface area contributed by atoms with Crippen LogP contribution in [0.25, 0.3) is 0 Å². The Hall–Kier alpha value is -0.610. The Kier molecular flexibility index (Phi) is 3.82. The second-order valence-corrected chi connectivity index (χ2v) is 4.99. The maximum Gasteiger partial charge on any atom is 0.320 e. The van der Waals surface area contributed by atoms with E-state index in [0.29, 0.717) is 18.7 Å². The van der Waals surface area contributed by atoms with Crippen LogP contribution in [-0.4, -0.2) is 37.4 Å². The largest absolute Gasteiger partial charge is 0.462 e. The minimum Gasteiger partial charge on any atom is -0.462 e. The summed E-state index contributed by atoms with van der Waals surface area (Å²) in [6.07, 6.45) is 3.86. The molecule has 16 heavy (non-hydrogen) atoms. The molecule has 2 atom stereocenters. The van der Waals surface area contributed by atoms with E-state index in [4.69, 9.17) is 9.47 Å². The summed E-state index contributed by atoms with van der Waals surface area (Å²) in [6, 6.07) is 0.340. The highest BCUT2D eigenvalue weighted by Gasteiger charge is 2.40. The van der Waals surface area contributed by atoms with Gasteiger partial charge in [-0.15, -0.1) is 0 Å². The molecule has 1 heterocycles. The van der Waals surface area contributed by atoms with Crippen LogP contribution in [0.5, 0.6) is 0 Å². The molecule has 4 heteroatoms. The highest BCUT2D eigenvalue weighted by Crippen LogP contribution is 2.38. The molecule has 0 amide bonds. The topological polar surface area (TPSA) is 47.6 Å². The quantitative estimate of drug-likeness (QED) is 0.714. The van der Waals surface area contributed by atoms with Crippen LogP contribution in [0.3, 0.4) is 0 Å². The molecule has 0 aromatic heterocycles. The number of hydrogen-bond acceptors (Lipinski definition) is 4. The van der Waals surface area contributed by atoms with E-state index in [9.17, 15) is 4.79 Å². The van der Waals surface area contributed by atoms with Crippen LogP contribution in [-0.2, 0) is 14.3 Å². The fraction of sp³-hybridized carbons (Fsp3) is 0.917. The van der Waals surface area contributed by atoms with Crippen LogP contribution < -0.4 is 5.32 Å². The van der Waals surface area contributed by atoms with Gasteiger partial charge in [0.1, 0.15) is 0 Å². The highest BCUT2D eigenvalue weighted by atomic mass is 16.5. The molecule has 2 rings (SSSR count). The summed E-state index contributed by atoms with van der Waals surface area (Å²) >= 11 is 0. The third kappa shape index (κ3) is 3.19. The third-order valence-corrected chi connectivity index (χ3v) is 3.10. The Morgan fingerprint density at radius 1 is 1.44 bits per heavy atom. The van der Waals surface area contributed by atoms with Crippen molar-refractivity contribution in [2.45, 2.75) is 51.4 Å². The third-order valence-electron chi connectivity index (χ3n) is 3.10. The van der Waals surface area contributed by atoms with Crippen LogP contribution in [0, 0.1) is 5.92 Å². The Bertz CT molecular complexity index is 251. The number of esters is 1. The fourth-order valence-corrected chi connectivity index (χ4v) is 2.24. The maximum atomic E-state index is 11.4. The van der Waals surface area contributed by atoms with Gasteiger partial charge in [-0.05, 0) is 39.0 Å². The van der Waals surface area contributed by atoms with E-state index in [2.05, 4.69) is 5.32 Å². The summed E-state index contributed by atoms with van der Waals surface area (Å²) in [7, 11) is 0. The average molecular weight is 227 g/mol. The lowest BCUT2D eigenvalue weighted by Gasteiger charge is -2.19. The second-order valence-electron chi connectivity index (χ2n) is 4.99. The summed E-state index contributed by atoms with van der Waals surface area (Å²) in [5, 5.41) is 3.26. The predicted octanol–water partition coefficient (Wildman–Crippen LogP) is 1.10. The van der Waals surface area contributed by atoms with Crippen molar-refractivity contribution in [3.05, 3.63) is 0 Å². The Balaban J connectivity index is 1.70. The zero-order chi connectivity index (χ0) is 11.5. The van der Waals surface area contributed by atoms with Gasteiger partial charge in [0.25, 0.3) is 0 Å². The van der Waals surface area contributed by atoms with Gasteiger partial charge in [0.2, 0.25) is 0 Å². The Morgan fingerprint density at radius 2 is 2.19 bits per heavy atom. The lowest BCUT2D eigenvalue weighted by atomic mass is 10.1. The molecule has 0 spiro atoms. The second kappa shape index (κ2) is 5.15. The van der Waals surface area contributed by atoms with E-state index < -0.39 is 0 Å². The molecular formula is C12H21NO3. The van der Waals surface area contributed by atoms with Crippen molar-refractivity contribution < 1.29 is 14.3 Å². The molecule has 0 radical (unpaired) electrons. The van der Waals surface area contributed by atoms with Crippen molar-refractivity contribution >= 4 is 5.97 Å². The Labute approximate surface area is 96.7 Å². The molecule has 1 N–H and O–H groups in total. The van der Waals surface area contributed by atoms with Gasteiger partial charge in [-0.2, -0.15) is 0 Å². The van der Waals surface area contributed by atoms with E-state index in [1.165, 1.54) is 12.8 Å². The standard InChI is InChI=1S/C12H21NO3/c1-8(2)16-11(14)7-13-10-5-6-15-12(10)9-3-4-9/h8-10,12-13H,3-7H2,1-2H3. The summed E-state index contributed by atoms with van der Waals surface area (Å²) in [5.74, 6) is 0.553. The number of ether oxygens (including phenoxy) is 2. The highest BCUT2D eigenvalue weighted by molar-refractivity contribution is 5.71. The van der Waals surface area contributed by atoms with Crippen molar-refractivity contribution in [1.29, 1.82) is 0 Å². The van der Waals surface area contributed by atoms with E-state index in [-0.39, 0.29) is 12.1 Å². The molecule has 92 valence electrons. The molecule has 1 saturated carbocycles. The number of carbonyl (C=O) groups is 1. The average Bonchev–Trinajstić information content (AvgIpc) is 2.94. The van der Waals surface area contributed by atoms with Crippen molar-refractivity contribution in [2.24, 2.45) is 5.92 Å². The normalized spacial score (nSPS) is 29.7. The van der Waals surface area contributed by atoms with Crippen molar-refractivity contribution in [2.75, 3.05) is 13.2 Å². The lowest BCUT2D eigenvalue weighted by Crippen LogP contribution is -2.41. The minimum absolute atomic E-state index is 0.0339. The summed E-state index contributed by atoms with van der Waals surface area (Å²) < 4.78 is 10.8. The van der Waals surface area contributed by atoms with E-state index in [0.717, 1.165) is 18.9 Å². The fourth-order valence-electron chi connectivity index (χ4n) is 2.24. The first kappa shape index (κ1) is 11.9. The monoisotopic (exact) mass is 227 g/mol. The molecule has 0 bridgehead atoms. The molecule has 2 aliphatic rings. The maximum absolute atomic E-state index is 11.4. The van der Waals surface area contributed by atoms with Gasteiger partial charge in [-0.1, -0.05) is 0 Å². The van der Waals surface area contributed by atoms with E-state index in [1.54, 1.807) is 0 Å². The van der Waals surface area contributed by atoms with Crippen LogP contribution in [0.1, 0.15) is 33.1 Å². The molecule has 1 saturated heterocycles. The van der Waals surface area contributed by atoms with Gasteiger partial charge >= 0.3 is 5.97 Å². The number of rotatable bonds is 5. The van der Waals surface area contributed by atoms with Crippen LogP contribution in [0.4, 0.5) is 0 Å². The van der Waals surface area contributed by atoms with Gasteiger partial charge in [0.15, 0.2) is 0 Å². The van der Waals surface area contributed by atoms with Gasteiger partial charge in [-0.25, -0.2) is 0 Å². The van der Waals surface area contributed by atoms with Crippen LogP contribution >= 0.6 is 0 Å². The zero-order valence-electron chi connectivity index (χ0n) is 10.1. The summed E-state index contributed by atoms with van der Waals surface area (Å²) in [4.78, 5) is 11.4. The van der Waals surface area contributed by atoms with Crippen LogP contribution in [0.2, 0.25) is 0 Å². The molecule has 2 unspecified atom stereocenters.